The lowest BCUT2D eigenvalue weighted by atomic mass is 9.80. The quantitative estimate of drug-likeness (QED) is 0.366. The van der Waals surface area contributed by atoms with E-state index in [4.69, 9.17) is 16.3 Å². The molecular formula is C18H20ClF3N6O3. The molecule has 2 aromatic rings. The molecule has 2 saturated carbocycles. The number of hydrogen-bond donors (Lipinski definition) is 1. The summed E-state index contributed by atoms with van der Waals surface area (Å²) in [7, 11) is 0. The van der Waals surface area contributed by atoms with E-state index in [9.17, 15) is 23.3 Å². The molecule has 13 heteroatoms. The number of nitrogens with zero attached hydrogens (tertiary/aromatic N) is 5. The predicted octanol–water partition coefficient (Wildman–Crippen LogP) is 4.56. The van der Waals surface area contributed by atoms with Crippen LogP contribution < -0.4 is 10.1 Å². The van der Waals surface area contributed by atoms with E-state index in [1.54, 1.807) is 6.92 Å². The molecular weight excluding hydrogens is 441 g/mol. The Bertz CT molecular complexity index is 995. The Balaban J connectivity index is 1.46. The van der Waals surface area contributed by atoms with Crippen molar-refractivity contribution in [1.82, 2.24) is 19.7 Å². The standard InChI is InChI=1S/C18H20ClF3N6O3/c1-9-14(16(28(29)30)27(26-9)11-3-2-4-11)31-8-10-5-6-13(10)24-15-12(18(20,21)22)7-23-17(19)25-15/h7,10-11,13H,2-6,8H2,1H3,(H,23,24,25)/t10-,13+/m0/s1. The summed E-state index contributed by atoms with van der Waals surface area (Å²) in [5, 5.41) is 18.4. The Kier molecular flexibility index (Phi) is 5.67. The second-order valence-electron chi connectivity index (χ2n) is 7.82. The first-order valence-corrected chi connectivity index (χ1v) is 10.3. The average Bonchev–Trinajstić information content (AvgIpc) is 2.92. The average molecular weight is 461 g/mol. The van der Waals surface area contributed by atoms with Crippen LogP contribution in [0.4, 0.5) is 24.8 Å². The lowest BCUT2D eigenvalue weighted by Crippen LogP contribution is -2.42. The van der Waals surface area contributed by atoms with Gasteiger partial charge < -0.3 is 20.2 Å². The molecule has 1 N–H and O–H groups in total. The van der Waals surface area contributed by atoms with E-state index in [0.717, 1.165) is 19.3 Å². The van der Waals surface area contributed by atoms with E-state index in [-0.39, 0.29) is 47.3 Å². The van der Waals surface area contributed by atoms with E-state index in [0.29, 0.717) is 24.7 Å². The molecule has 0 saturated heterocycles. The van der Waals surface area contributed by atoms with Crippen molar-refractivity contribution in [3.63, 3.8) is 0 Å². The second kappa shape index (κ2) is 8.13. The van der Waals surface area contributed by atoms with Crippen molar-refractivity contribution in [2.24, 2.45) is 5.92 Å². The van der Waals surface area contributed by atoms with Crippen molar-refractivity contribution in [2.75, 3.05) is 11.9 Å². The van der Waals surface area contributed by atoms with E-state index in [1.165, 1.54) is 4.68 Å². The highest BCUT2D eigenvalue weighted by atomic mass is 35.5. The van der Waals surface area contributed by atoms with Crippen LogP contribution in [0, 0.1) is 23.0 Å². The molecule has 4 rings (SSSR count). The number of alkyl halides is 3. The lowest BCUT2D eigenvalue weighted by molar-refractivity contribution is -0.394. The molecule has 0 bridgehead atoms. The van der Waals surface area contributed by atoms with Crippen molar-refractivity contribution in [3.05, 3.63) is 32.9 Å². The number of aryl methyl sites for hydroxylation is 1. The van der Waals surface area contributed by atoms with Crippen LogP contribution in [0.5, 0.6) is 5.75 Å². The zero-order valence-corrected chi connectivity index (χ0v) is 17.3. The van der Waals surface area contributed by atoms with Gasteiger partial charge in [-0.2, -0.15) is 13.2 Å². The maximum absolute atomic E-state index is 13.2. The number of hydrogen-bond acceptors (Lipinski definition) is 7. The lowest BCUT2D eigenvalue weighted by Gasteiger charge is -2.37. The van der Waals surface area contributed by atoms with Gasteiger partial charge in [0.05, 0.1) is 6.61 Å². The molecule has 168 valence electrons. The molecule has 2 aliphatic carbocycles. The van der Waals surface area contributed by atoms with Crippen LogP contribution in [0.2, 0.25) is 5.28 Å². The highest BCUT2D eigenvalue weighted by Gasteiger charge is 2.40. The number of nitrogens with one attached hydrogen (secondary N) is 1. The zero-order chi connectivity index (χ0) is 22.3. The third kappa shape index (κ3) is 4.25. The molecule has 2 atom stereocenters. The first-order chi connectivity index (χ1) is 14.6. The third-order valence-corrected chi connectivity index (χ3v) is 6.03. The van der Waals surface area contributed by atoms with E-state index in [1.807, 2.05) is 0 Å². The summed E-state index contributed by atoms with van der Waals surface area (Å²) in [5.41, 5.74) is -0.582. The van der Waals surface area contributed by atoms with Crippen LogP contribution in [-0.2, 0) is 6.18 Å². The van der Waals surface area contributed by atoms with E-state index in [2.05, 4.69) is 20.4 Å². The van der Waals surface area contributed by atoms with Crippen molar-refractivity contribution >= 4 is 23.2 Å². The van der Waals surface area contributed by atoms with Gasteiger partial charge in [0.15, 0.2) is 0 Å². The molecule has 0 unspecified atom stereocenters. The minimum absolute atomic E-state index is 0.00197. The van der Waals surface area contributed by atoms with Gasteiger partial charge in [0, 0.05) is 18.2 Å². The van der Waals surface area contributed by atoms with Crippen LogP contribution in [0.1, 0.15) is 49.4 Å². The predicted molar refractivity (Wildman–Crippen MR) is 104 cm³/mol. The van der Waals surface area contributed by atoms with Gasteiger partial charge in [-0.1, -0.05) is 5.10 Å². The van der Waals surface area contributed by atoms with Crippen LogP contribution in [0.25, 0.3) is 0 Å². The van der Waals surface area contributed by atoms with Crippen molar-refractivity contribution in [1.29, 1.82) is 0 Å². The number of aromatic nitrogens is 4. The zero-order valence-electron chi connectivity index (χ0n) is 16.5. The monoisotopic (exact) mass is 460 g/mol. The normalized spacial score (nSPS) is 21.3. The fraction of sp³-hybridized carbons (Fsp3) is 0.611. The smallest absolute Gasteiger partial charge is 0.421 e. The van der Waals surface area contributed by atoms with Gasteiger partial charge >= 0.3 is 12.0 Å². The fourth-order valence-electron chi connectivity index (χ4n) is 3.74. The maximum atomic E-state index is 13.2. The highest BCUT2D eigenvalue weighted by Crippen LogP contribution is 2.41. The van der Waals surface area contributed by atoms with Crippen LogP contribution in [0.3, 0.4) is 0 Å². The summed E-state index contributed by atoms with van der Waals surface area (Å²) in [5.74, 6) is -0.598. The molecule has 0 radical (unpaired) electrons. The summed E-state index contributed by atoms with van der Waals surface area (Å²) in [6.45, 7) is 1.75. The van der Waals surface area contributed by atoms with Crippen LogP contribution in [0.15, 0.2) is 6.20 Å². The molecule has 2 aromatic heterocycles. The second-order valence-corrected chi connectivity index (χ2v) is 8.16. The van der Waals surface area contributed by atoms with Crippen molar-refractivity contribution < 1.29 is 22.8 Å². The maximum Gasteiger partial charge on any atom is 0.421 e. The van der Waals surface area contributed by atoms with Gasteiger partial charge in [-0.3, -0.25) is 0 Å². The number of anilines is 1. The van der Waals surface area contributed by atoms with Crippen molar-refractivity contribution in [3.8, 4) is 5.75 Å². The molecule has 2 aliphatic rings. The first-order valence-electron chi connectivity index (χ1n) is 9.87. The third-order valence-electron chi connectivity index (χ3n) is 5.85. The summed E-state index contributed by atoms with van der Waals surface area (Å²) >= 11 is 5.67. The molecule has 9 nitrogen and oxygen atoms in total. The van der Waals surface area contributed by atoms with Gasteiger partial charge in [-0.05, 0) is 55.6 Å². The molecule has 31 heavy (non-hydrogen) atoms. The Morgan fingerprint density at radius 3 is 2.65 bits per heavy atom. The van der Waals surface area contributed by atoms with Gasteiger partial charge in [0.1, 0.15) is 23.1 Å². The number of nitro groups is 1. The van der Waals surface area contributed by atoms with Gasteiger partial charge in [-0.15, -0.1) is 4.68 Å². The van der Waals surface area contributed by atoms with Crippen molar-refractivity contribution in [2.45, 2.75) is 57.3 Å². The Hall–Kier alpha value is -2.63. The summed E-state index contributed by atoms with van der Waals surface area (Å²) in [6.07, 6.45) is -0.0197. The first kappa shape index (κ1) is 21.6. The Labute approximate surface area is 180 Å². The fourth-order valence-corrected chi connectivity index (χ4v) is 3.88. The largest absolute Gasteiger partial charge is 0.484 e. The molecule has 0 aliphatic heterocycles. The highest BCUT2D eigenvalue weighted by molar-refractivity contribution is 6.28. The molecule has 2 fully saturated rings. The SMILES string of the molecule is Cc1nn(C2CCC2)c([N+](=O)[O-])c1OC[C@@H]1CC[C@H]1Nc1nc(Cl)ncc1C(F)(F)F. The summed E-state index contributed by atoms with van der Waals surface area (Å²) in [6, 6.07) is -0.342. The summed E-state index contributed by atoms with van der Waals surface area (Å²) < 4.78 is 46.9. The molecule has 0 spiro atoms. The van der Waals surface area contributed by atoms with Crippen LogP contribution >= 0.6 is 11.6 Å². The minimum atomic E-state index is -4.63. The summed E-state index contributed by atoms with van der Waals surface area (Å²) in [4.78, 5) is 18.2. The van der Waals surface area contributed by atoms with Gasteiger partial charge in [-0.25, -0.2) is 9.97 Å². The molecule has 0 amide bonds. The number of rotatable bonds is 7. The van der Waals surface area contributed by atoms with Gasteiger partial charge in [0.2, 0.25) is 11.0 Å². The number of halogens is 4. The van der Waals surface area contributed by atoms with Gasteiger partial charge in [0.25, 0.3) is 0 Å². The Morgan fingerprint density at radius 1 is 1.35 bits per heavy atom. The minimum Gasteiger partial charge on any atom is -0.484 e. The van der Waals surface area contributed by atoms with E-state index < -0.39 is 16.7 Å². The molecule has 2 heterocycles. The Morgan fingerprint density at radius 2 is 2.10 bits per heavy atom. The number of ether oxygens (including phenoxy) is 1. The van der Waals surface area contributed by atoms with E-state index >= 15 is 0 Å². The van der Waals surface area contributed by atoms with Crippen LogP contribution in [-0.4, -0.2) is 37.3 Å². The molecule has 0 aromatic carbocycles. The topological polar surface area (TPSA) is 108 Å².